The number of rotatable bonds is 3. The molecule has 0 fully saturated rings. The quantitative estimate of drug-likeness (QED) is 0.665. The Balaban J connectivity index is 3.13. The predicted molar refractivity (Wildman–Crippen MR) is 59.7 cm³/mol. The predicted octanol–water partition coefficient (Wildman–Crippen LogP) is 3.65. The molecule has 14 heavy (non-hydrogen) atoms. The molecule has 0 aliphatic carbocycles. The Bertz CT molecular complexity index is 326. The van der Waals surface area contributed by atoms with E-state index < -0.39 is 0 Å². The van der Waals surface area contributed by atoms with E-state index in [0.29, 0.717) is 11.8 Å². The van der Waals surface area contributed by atoms with Crippen molar-refractivity contribution in [3.63, 3.8) is 0 Å². The summed E-state index contributed by atoms with van der Waals surface area (Å²) < 4.78 is 0. The van der Waals surface area contributed by atoms with Crippen molar-refractivity contribution in [2.45, 2.75) is 33.6 Å². The second-order valence-corrected chi connectivity index (χ2v) is 4.18. The summed E-state index contributed by atoms with van der Waals surface area (Å²) in [6, 6.07) is 7.89. The topological polar surface area (TPSA) is 17.1 Å². The summed E-state index contributed by atoms with van der Waals surface area (Å²) in [6.45, 7) is 8.17. The number of hydrogen-bond donors (Lipinski definition) is 0. The summed E-state index contributed by atoms with van der Waals surface area (Å²) in [6.07, 6.45) is 0. The van der Waals surface area contributed by atoms with Gasteiger partial charge in [0.25, 0.3) is 0 Å². The van der Waals surface area contributed by atoms with Crippen LogP contribution in [0.2, 0.25) is 0 Å². The highest BCUT2D eigenvalue weighted by Crippen LogP contribution is 2.26. The lowest BCUT2D eigenvalue weighted by molar-refractivity contribution is 0.101. The Kier molecular flexibility index (Phi) is 3.45. The second kappa shape index (κ2) is 4.41. The van der Waals surface area contributed by atoms with Crippen LogP contribution >= 0.6 is 0 Å². The molecule has 0 saturated carbocycles. The molecule has 1 rings (SSSR count). The van der Waals surface area contributed by atoms with Crippen LogP contribution in [0.15, 0.2) is 24.3 Å². The molecular formula is C13H18O. The molecule has 0 amide bonds. The fraction of sp³-hybridized carbons (Fsp3) is 0.462. The molecule has 76 valence electrons. The number of hydrogen-bond acceptors (Lipinski definition) is 1. The Labute approximate surface area is 86.1 Å². The Morgan fingerprint density at radius 2 is 1.71 bits per heavy atom. The lowest BCUT2D eigenvalue weighted by Crippen LogP contribution is -2.07. The molecule has 0 bridgehead atoms. The molecule has 1 unspecified atom stereocenters. The van der Waals surface area contributed by atoms with Crippen molar-refractivity contribution in [2.24, 2.45) is 5.92 Å². The minimum absolute atomic E-state index is 0.160. The molecule has 0 heterocycles. The van der Waals surface area contributed by atoms with E-state index in [4.69, 9.17) is 0 Å². The van der Waals surface area contributed by atoms with Gasteiger partial charge in [0.05, 0.1) is 0 Å². The van der Waals surface area contributed by atoms with Crippen molar-refractivity contribution < 1.29 is 4.79 Å². The third kappa shape index (κ3) is 2.22. The van der Waals surface area contributed by atoms with Crippen molar-refractivity contribution in [3.05, 3.63) is 35.4 Å². The number of ketones is 1. The van der Waals surface area contributed by atoms with E-state index >= 15 is 0 Å². The number of Topliss-reactive ketones (excluding diaryl/α,β-unsaturated/α-hetero) is 1. The Morgan fingerprint density at radius 3 is 2.21 bits per heavy atom. The lowest BCUT2D eigenvalue weighted by Gasteiger charge is -2.18. The average Bonchev–Trinajstić information content (AvgIpc) is 2.16. The Hall–Kier alpha value is -1.11. The first-order chi connectivity index (χ1) is 6.54. The van der Waals surface area contributed by atoms with Crippen molar-refractivity contribution >= 4 is 5.78 Å². The highest BCUT2D eigenvalue weighted by molar-refractivity contribution is 5.95. The maximum Gasteiger partial charge on any atom is 0.160 e. The summed E-state index contributed by atoms with van der Waals surface area (Å²) in [5, 5.41) is 0. The molecule has 0 saturated heterocycles. The van der Waals surface area contributed by atoms with Gasteiger partial charge >= 0.3 is 0 Å². The minimum atomic E-state index is 0.160. The first kappa shape index (κ1) is 11.0. The summed E-state index contributed by atoms with van der Waals surface area (Å²) in [5.41, 5.74) is 2.05. The third-order valence-corrected chi connectivity index (χ3v) is 2.83. The Morgan fingerprint density at radius 1 is 1.14 bits per heavy atom. The molecule has 0 radical (unpaired) electrons. The zero-order chi connectivity index (χ0) is 10.7. The summed E-state index contributed by atoms with van der Waals surface area (Å²) >= 11 is 0. The van der Waals surface area contributed by atoms with Crippen LogP contribution in [-0.2, 0) is 0 Å². The molecule has 0 spiro atoms. The SMILES string of the molecule is CC(=O)c1ccccc1C(C)C(C)C. The van der Waals surface area contributed by atoms with Gasteiger partial charge in [0, 0.05) is 5.56 Å². The standard InChI is InChI=1S/C13H18O/c1-9(2)10(3)12-7-5-6-8-13(12)11(4)14/h5-10H,1-4H3. The van der Waals surface area contributed by atoms with Crippen molar-refractivity contribution in [1.82, 2.24) is 0 Å². The molecule has 1 atom stereocenters. The van der Waals surface area contributed by atoms with Crippen LogP contribution in [0.5, 0.6) is 0 Å². The minimum Gasteiger partial charge on any atom is -0.295 e. The monoisotopic (exact) mass is 190 g/mol. The van der Waals surface area contributed by atoms with Crippen LogP contribution in [0, 0.1) is 5.92 Å². The molecule has 1 nitrogen and oxygen atoms in total. The zero-order valence-corrected chi connectivity index (χ0v) is 9.37. The van der Waals surface area contributed by atoms with Gasteiger partial charge in [0.1, 0.15) is 0 Å². The van der Waals surface area contributed by atoms with Gasteiger partial charge < -0.3 is 0 Å². The summed E-state index contributed by atoms with van der Waals surface area (Å²) in [4.78, 5) is 11.4. The van der Waals surface area contributed by atoms with E-state index in [1.165, 1.54) is 5.56 Å². The smallest absolute Gasteiger partial charge is 0.160 e. The van der Waals surface area contributed by atoms with Crippen LogP contribution < -0.4 is 0 Å². The van der Waals surface area contributed by atoms with Gasteiger partial charge in [-0.2, -0.15) is 0 Å². The van der Waals surface area contributed by atoms with Crippen molar-refractivity contribution in [3.8, 4) is 0 Å². The molecule has 1 aromatic rings. The second-order valence-electron chi connectivity index (χ2n) is 4.18. The van der Waals surface area contributed by atoms with Crippen LogP contribution in [-0.4, -0.2) is 5.78 Å². The highest BCUT2D eigenvalue weighted by Gasteiger charge is 2.15. The highest BCUT2D eigenvalue weighted by atomic mass is 16.1. The molecule has 0 N–H and O–H groups in total. The van der Waals surface area contributed by atoms with Gasteiger partial charge in [-0.15, -0.1) is 0 Å². The van der Waals surface area contributed by atoms with Gasteiger partial charge in [0.15, 0.2) is 5.78 Å². The van der Waals surface area contributed by atoms with E-state index in [1.807, 2.05) is 18.2 Å². The maximum absolute atomic E-state index is 11.4. The molecular weight excluding hydrogens is 172 g/mol. The van der Waals surface area contributed by atoms with Crippen LogP contribution in [0.3, 0.4) is 0 Å². The average molecular weight is 190 g/mol. The van der Waals surface area contributed by atoms with Crippen LogP contribution in [0.1, 0.15) is 49.5 Å². The van der Waals surface area contributed by atoms with Gasteiger partial charge in [-0.25, -0.2) is 0 Å². The molecule has 1 heteroatoms. The van der Waals surface area contributed by atoms with E-state index in [0.717, 1.165) is 5.56 Å². The van der Waals surface area contributed by atoms with Gasteiger partial charge in [0.2, 0.25) is 0 Å². The van der Waals surface area contributed by atoms with Crippen molar-refractivity contribution in [1.29, 1.82) is 0 Å². The van der Waals surface area contributed by atoms with Crippen LogP contribution in [0.25, 0.3) is 0 Å². The number of benzene rings is 1. The van der Waals surface area contributed by atoms with E-state index in [1.54, 1.807) is 6.92 Å². The fourth-order valence-corrected chi connectivity index (χ4v) is 1.57. The van der Waals surface area contributed by atoms with Crippen molar-refractivity contribution in [2.75, 3.05) is 0 Å². The van der Waals surface area contributed by atoms with E-state index in [9.17, 15) is 4.79 Å². The lowest BCUT2D eigenvalue weighted by atomic mass is 9.86. The molecule has 0 aromatic heterocycles. The van der Waals surface area contributed by atoms with Gasteiger partial charge in [-0.05, 0) is 24.3 Å². The molecule has 0 aliphatic rings. The molecule has 0 aliphatic heterocycles. The zero-order valence-electron chi connectivity index (χ0n) is 9.37. The normalized spacial score (nSPS) is 12.9. The molecule has 1 aromatic carbocycles. The number of carbonyl (C=O) groups excluding carboxylic acids is 1. The summed E-state index contributed by atoms with van der Waals surface area (Å²) in [7, 11) is 0. The largest absolute Gasteiger partial charge is 0.295 e. The third-order valence-electron chi connectivity index (χ3n) is 2.83. The van der Waals surface area contributed by atoms with E-state index in [2.05, 4.69) is 26.8 Å². The first-order valence-electron chi connectivity index (χ1n) is 5.14. The fourth-order valence-electron chi connectivity index (χ4n) is 1.57. The first-order valence-corrected chi connectivity index (χ1v) is 5.14. The number of carbonyl (C=O) groups is 1. The van der Waals surface area contributed by atoms with Gasteiger partial charge in [-0.3, -0.25) is 4.79 Å². The van der Waals surface area contributed by atoms with E-state index in [-0.39, 0.29) is 5.78 Å². The maximum atomic E-state index is 11.4. The van der Waals surface area contributed by atoms with Crippen LogP contribution in [0.4, 0.5) is 0 Å². The summed E-state index contributed by atoms with van der Waals surface area (Å²) in [5.74, 6) is 1.17. The van der Waals surface area contributed by atoms with Gasteiger partial charge in [-0.1, -0.05) is 45.0 Å².